The van der Waals surface area contributed by atoms with Crippen LogP contribution >= 0.6 is 0 Å². The maximum atomic E-state index is 13.9. The molecule has 2 heterocycles. The van der Waals surface area contributed by atoms with Gasteiger partial charge in [0.2, 0.25) is 5.91 Å². The molecule has 2 aliphatic rings. The highest BCUT2D eigenvalue weighted by Crippen LogP contribution is 2.21. The van der Waals surface area contributed by atoms with Gasteiger partial charge in [-0.3, -0.25) is 14.4 Å². The van der Waals surface area contributed by atoms with Crippen LogP contribution in [0.2, 0.25) is 0 Å². The number of halogens is 1. The molecule has 2 aromatic rings. The number of nitrogens with zero attached hydrogens (tertiary/aromatic N) is 1. The van der Waals surface area contributed by atoms with Gasteiger partial charge in [0, 0.05) is 43.4 Å². The van der Waals surface area contributed by atoms with Gasteiger partial charge in [0.05, 0.1) is 11.7 Å². The summed E-state index contributed by atoms with van der Waals surface area (Å²) in [5.74, 6) is -1.43. The number of hydrogen-bond acceptors (Lipinski definition) is 4. The molecule has 2 aliphatic heterocycles. The topological polar surface area (TPSA) is 87.7 Å². The first-order chi connectivity index (χ1) is 16.0. The van der Waals surface area contributed by atoms with Crippen molar-refractivity contribution in [2.45, 2.75) is 31.8 Å². The molecule has 0 saturated carbocycles. The SMILES string of the molecule is O=C(Nc1cccc(C(=O)N2CCC(C(=O)NCC3CCCO3)CC2)c1)c1ccccc1F. The largest absolute Gasteiger partial charge is 0.376 e. The second-order valence-corrected chi connectivity index (χ2v) is 8.46. The van der Waals surface area contributed by atoms with Crippen molar-refractivity contribution in [3.8, 4) is 0 Å². The Labute approximate surface area is 192 Å². The second kappa shape index (κ2) is 10.6. The predicted octanol–water partition coefficient (Wildman–Crippen LogP) is 3.23. The maximum Gasteiger partial charge on any atom is 0.258 e. The Morgan fingerprint density at radius 3 is 2.55 bits per heavy atom. The lowest BCUT2D eigenvalue weighted by Crippen LogP contribution is -2.44. The standard InChI is InChI=1S/C25H28FN3O4/c26-22-9-2-1-8-21(22)24(31)28-19-6-3-5-18(15-19)25(32)29-12-10-17(11-13-29)23(30)27-16-20-7-4-14-33-20/h1-3,5-6,8-9,15,17,20H,4,7,10-14,16H2,(H,27,30)(H,28,31). The lowest BCUT2D eigenvalue weighted by molar-refractivity contribution is -0.126. The summed E-state index contributed by atoms with van der Waals surface area (Å²) in [6, 6.07) is 12.3. The number of nitrogens with one attached hydrogen (secondary N) is 2. The fourth-order valence-corrected chi connectivity index (χ4v) is 4.27. The van der Waals surface area contributed by atoms with Crippen molar-refractivity contribution in [1.29, 1.82) is 0 Å². The van der Waals surface area contributed by atoms with Crippen LogP contribution in [-0.4, -0.2) is 55.0 Å². The number of benzene rings is 2. The van der Waals surface area contributed by atoms with Gasteiger partial charge in [0.1, 0.15) is 5.82 Å². The smallest absolute Gasteiger partial charge is 0.258 e. The summed E-state index contributed by atoms with van der Waals surface area (Å²) in [5, 5.41) is 5.62. The first-order valence-electron chi connectivity index (χ1n) is 11.4. The number of anilines is 1. The molecular formula is C25H28FN3O4. The Morgan fingerprint density at radius 1 is 1.03 bits per heavy atom. The third-order valence-electron chi connectivity index (χ3n) is 6.17. The lowest BCUT2D eigenvalue weighted by atomic mass is 9.95. The summed E-state index contributed by atoms with van der Waals surface area (Å²) in [6.07, 6.45) is 3.34. The zero-order chi connectivity index (χ0) is 23.2. The van der Waals surface area contributed by atoms with Gasteiger partial charge in [-0.1, -0.05) is 18.2 Å². The van der Waals surface area contributed by atoms with Crippen molar-refractivity contribution in [2.24, 2.45) is 5.92 Å². The third-order valence-corrected chi connectivity index (χ3v) is 6.17. The van der Waals surface area contributed by atoms with E-state index >= 15 is 0 Å². The quantitative estimate of drug-likeness (QED) is 0.703. The van der Waals surface area contributed by atoms with E-state index in [0.717, 1.165) is 19.4 Å². The highest BCUT2D eigenvalue weighted by molar-refractivity contribution is 6.05. The Hall–Kier alpha value is -3.26. The highest BCUT2D eigenvalue weighted by atomic mass is 19.1. The molecule has 0 bridgehead atoms. The van der Waals surface area contributed by atoms with Gasteiger partial charge < -0.3 is 20.3 Å². The second-order valence-electron chi connectivity index (χ2n) is 8.46. The zero-order valence-electron chi connectivity index (χ0n) is 18.4. The van der Waals surface area contributed by atoms with E-state index in [-0.39, 0.29) is 29.4 Å². The molecule has 2 saturated heterocycles. The summed E-state index contributed by atoms with van der Waals surface area (Å²) >= 11 is 0. The van der Waals surface area contributed by atoms with E-state index in [0.29, 0.717) is 43.7 Å². The number of amides is 3. The predicted molar refractivity (Wildman–Crippen MR) is 121 cm³/mol. The van der Waals surface area contributed by atoms with Crippen molar-refractivity contribution in [3.63, 3.8) is 0 Å². The maximum absolute atomic E-state index is 13.9. The first kappa shape index (κ1) is 22.9. The molecule has 0 aromatic heterocycles. The average Bonchev–Trinajstić information content (AvgIpc) is 3.36. The Morgan fingerprint density at radius 2 is 1.82 bits per heavy atom. The summed E-state index contributed by atoms with van der Waals surface area (Å²) in [5.41, 5.74) is 0.786. The minimum Gasteiger partial charge on any atom is -0.376 e. The van der Waals surface area contributed by atoms with Gasteiger partial charge in [-0.25, -0.2) is 4.39 Å². The molecule has 2 N–H and O–H groups in total. The minimum atomic E-state index is -0.607. The number of likely N-dealkylation sites (tertiary alicyclic amines) is 1. The Kier molecular flexibility index (Phi) is 7.34. The fourth-order valence-electron chi connectivity index (χ4n) is 4.27. The van der Waals surface area contributed by atoms with E-state index in [2.05, 4.69) is 10.6 Å². The van der Waals surface area contributed by atoms with Crippen molar-refractivity contribution in [3.05, 3.63) is 65.5 Å². The molecule has 0 spiro atoms. The molecule has 33 heavy (non-hydrogen) atoms. The minimum absolute atomic E-state index is 0.0236. The number of hydrogen-bond donors (Lipinski definition) is 2. The van der Waals surface area contributed by atoms with Gasteiger partial charge in [0.15, 0.2) is 0 Å². The molecule has 3 amide bonds. The molecule has 2 fully saturated rings. The number of carbonyl (C=O) groups excluding carboxylic acids is 3. The van der Waals surface area contributed by atoms with Gasteiger partial charge in [-0.05, 0) is 56.0 Å². The van der Waals surface area contributed by atoms with E-state index < -0.39 is 11.7 Å². The van der Waals surface area contributed by atoms with Gasteiger partial charge in [0.25, 0.3) is 11.8 Å². The van der Waals surface area contributed by atoms with Crippen LogP contribution in [-0.2, 0) is 9.53 Å². The van der Waals surface area contributed by atoms with Crippen LogP contribution in [0.5, 0.6) is 0 Å². The average molecular weight is 454 g/mol. The molecule has 1 unspecified atom stereocenters. The van der Waals surface area contributed by atoms with Crippen molar-refractivity contribution < 1.29 is 23.5 Å². The number of rotatable bonds is 6. The third kappa shape index (κ3) is 5.76. The first-order valence-corrected chi connectivity index (χ1v) is 11.4. The van der Waals surface area contributed by atoms with Gasteiger partial charge >= 0.3 is 0 Å². The van der Waals surface area contributed by atoms with Crippen LogP contribution in [0.25, 0.3) is 0 Å². The summed E-state index contributed by atoms with van der Waals surface area (Å²) in [4.78, 5) is 39.5. The molecule has 2 aromatic carbocycles. The number of piperidine rings is 1. The van der Waals surface area contributed by atoms with Crippen LogP contribution in [0.1, 0.15) is 46.4 Å². The highest BCUT2D eigenvalue weighted by Gasteiger charge is 2.28. The van der Waals surface area contributed by atoms with E-state index in [4.69, 9.17) is 4.74 Å². The molecule has 1 atom stereocenters. The van der Waals surface area contributed by atoms with Crippen LogP contribution in [0, 0.1) is 11.7 Å². The van der Waals surface area contributed by atoms with Gasteiger partial charge in [-0.15, -0.1) is 0 Å². The summed E-state index contributed by atoms with van der Waals surface area (Å²) in [6.45, 7) is 2.28. The van der Waals surface area contributed by atoms with E-state index in [9.17, 15) is 18.8 Å². The molecule has 4 rings (SSSR count). The van der Waals surface area contributed by atoms with Crippen LogP contribution < -0.4 is 10.6 Å². The summed E-state index contributed by atoms with van der Waals surface area (Å²) in [7, 11) is 0. The molecule has 8 heteroatoms. The van der Waals surface area contributed by atoms with Crippen LogP contribution in [0.15, 0.2) is 48.5 Å². The van der Waals surface area contributed by atoms with Crippen molar-refractivity contribution in [1.82, 2.24) is 10.2 Å². The molecule has 174 valence electrons. The normalized spacial score (nSPS) is 18.7. The van der Waals surface area contributed by atoms with E-state index in [1.807, 2.05) is 0 Å². The molecule has 0 aliphatic carbocycles. The van der Waals surface area contributed by atoms with Gasteiger partial charge in [-0.2, -0.15) is 0 Å². The monoisotopic (exact) mass is 453 g/mol. The Balaban J connectivity index is 1.30. The Bertz CT molecular complexity index is 1010. The molecular weight excluding hydrogens is 425 g/mol. The van der Waals surface area contributed by atoms with E-state index in [1.54, 1.807) is 35.2 Å². The fraction of sp³-hybridized carbons (Fsp3) is 0.400. The number of carbonyl (C=O) groups is 3. The van der Waals surface area contributed by atoms with E-state index in [1.165, 1.54) is 18.2 Å². The summed E-state index contributed by atoms with van der Waals surface area (Å²) < 4.78 is 19.4. The van der Waals surface area contributed by atoms with Crippen molar-refractivity contribution >= 4 is 23.4 Å². The zero-order valence-corrected chi connectivity index (χ0v) is 18.4. The van der Waals surface area contributed by atoms with Crippen molar-refractivity contribution in [2.75, 3.05) is 31.6 Å². The lowest BCUT2D eigenvalue weighted by Gasteiger charge is -2.31. The molecule has 7 nitrogen and oxygen atoms in total. The molecule has 0 radical (unpaired) electrons. The van der Waals surface area contributed by atoms with Crippen LogP contribution in [0.3, 0.4) is 0 Å². The number of ether oxygens (including phenoxy) is 1. The van der Waals surface area contributed by atoms with Crippen LogP contribution in [0.4, 0.5) is 10.1 Å².